The summed E-state index contributed by atoms with van der Waals surface area (Å²) in [7, 11) is -3.45. The van der Waals surface area contributed by atoms with Gasteiger partial charge in [-0.1, -0.05) is 37.3 Å². The summed E-state index contributed by atoms with van der Waals surface area (Å²) in [5, 5.41) is 6.12. The van der Waals surface area contributed by atoms with Gasteiger partial charge in [-0.3, -0.25) is 4.79 Å². The molecule has 2 N–H and O–H groups in total. The first-order valence-electron chi connectivity index (χ1n) is 8.42. The summed E-state index contributed by atoms with van der Waals surface area (Å²) in [6.45, 7) is 3.90. The van der Waals surface area contributed by atoms with Crippen molar-refractivity contribution in [3.05, 3.63) is 64.7 Å². The summed E-state index contributed by atoms with van der Waals surface area (Å²) in [6, 6.07) is 12.5. The summed E-state index contributed by atoms with van der Waals surface area (Å²) < 4.78 is 24.7. The maximum atomic E-state index is 12.5. The van der Waals surface area contributed by atoms with Gasteiger partial charge >= 0.3 is 0 Å². The van der Waals surface area contributed by atoms with Gasteiger partial charge in [0, 0.05) is 19.6 Å². The average Bonchev–Trinajstić information content (AvgIpc) is 3.07. The molecule has 0 saturated carbocycles. The molecule has 0 bridgehead atoms. The van der Waals surface area contributed by atoms with Crippen LogP contribution in [0.3, 0.4) is 0 Å². The molecule has 2 aromatic carbocycles. The van der Waals surface area contributed by atoms with Crippen molar-refractivity contribution < 1.29 is 13.2 Å². The molecule has 132 valence electrons. The van der Waals surface area contributed by atoms with Crippen molar-refractivity contribution in [2.45, 2.75) is 37.9 Å². The van der Waals surface area contributed by atoms with Crippen LogP contribution in [0.2, 0.25) is 0 Å². The molecule has 1 aliphatic rings. The van der Waals surface area contributed by atoms with E-state index in [1.165, 1.54) is 17.2 Å². The first-order chi connectivity index (χ1) is 12.0. The SMILES string of the molecule is CCCS(=O)(=O)c1ccccc1C(=O)NCc1ccc2c(c1)CNC2. The van der Waals surface area contributed by atoms with E-state index < -0.39 is 9.84 Å². The Balaban J connectivity index is 1.76. The molecule has 0 spiro atoms. The number of benzene rings is 2. The van der Waals surface area contributed by atoms with E-state index in [4.69, 9.17) is 0 Å². The molecule has 1 amide bonds. The molecule has 0 atom stereocenters. The van der Waals surface area contributed by atoms with Crippen molar-refractivity contribution >= 4 is 15.7 Å². The van der Waals surface area contributed by atoms with Crippen LogP contribution in [0.25, 0.3) is 0 Å². The smallest absolute Gasteiger partial charge is 0.252 e. The van der Waals surface area contributed by atoms with Crippen molar-refractivity contribution in [2.75, 3.05) is 5.75 Å². The van der Waals surface area contributed by atoms with Gasteiger partial charge in [-0.05, 0) is 35.2 Å². The van der Waals surface area contributed by atoms with E-state index in [-0.39, 0.29) is 22.1 Å². The number of nitrogens with one attached hydrogen (secondary N) is 2. The predicted molar refractivity (Wildman–Crippen MR) is 96.9 cm³/mol. The molecule has 1 aliphatic heterocycles. The minimum atomic E-state index is -3.45. The molecule has 0 fully saturated rings. The van der Waals surface area contributed by atoms with Crippen molar-refractivity contribution in [2.24, 2.45) is 0 Å². The van der Waals surface area contributed by atoms with Crippen molar-refractivity contribution in [3.8, 4) is 0 Å². The van der Waals surface area contributed by atoms with Gasteiger partial charge in [0.25, 0.3) is 5.91 Å². The molecule has 25 heavy (non-hydrogen) atoms. The molecular formula is C19H22N2O3S. The zero-order chi connectivity index (χ0) is 17.9. The first kappa shape index (κ1) is 17.6. The van der Waals surface area contributed by atoms with Gasteiger partial charge in [-0.2, -0.15) is 0 Å². The summed E-state index contributed by atoms with van der Waals surface area (Å²) in [5.41, 5.74) is 3.74. The number of hydrogen-bond donors (Lipinski definition) is 2. The second-order valence-corrected chi connectivity index (χ2v) is 8.28. The van der Waals surface area contributed by atoms with Crippen LogP contribution in [0.15, 0.2) is 47.4 Å². The summed E-state index contributed by atoms with van der Waals surface area (Å²) in [4.78, 5) is 12.6. The van der Waals surface area contributed by atoms with E-state index in [0.29, 0.717) is 13.0 Å². The lowest BCUT2D eigenvalue weighted by molar-refractivity contribution is 0.0947. The second-order valence-electron chi connectivity index (χ2n) is 6.20. The van der Waals surface area contributed by atoms with Crippen LogP contribution in [0.4, 0.5) is 0 Å². The Bertz CT molecular complexity index is 891. The number of hydrogen-bond acceptors (Lipinski definition) is 4. The molecule has 1 heterocycles. The van der Waals surface area contributed by atoms with Crippen LogP contribution in [-0.4, -0.2) is 20.1 Å². The monoisotopic (exact) mass is 358 g/mol. The molecule has 2 aromatic rings. The second kappa shape index (κ2) is 7.37. The molecule has 0 aromatic heterocycles. The topological polar surface area (TPSA) is 75.3 Å². The Morgan fingerprint density at radius 2 is 1.88 bits per heavy atom. The lowest BCUT2D eigenvalue weighted by Gasteiger charge is -2.11. The lowest BCUT2D eigenvalue weighted by atomic mass is 10.1. The van der Waals surface area contributed by atoms with Crippen molar-refractivity contribution in [3.63, 3.8) is 0 Å². The number of fused-ring (bicyclic) bond motifs is 1. The zero-order valence-corrected chi connectivity index (χ0v) is 15.0. The Morgan fingerprint density at radius 3 is 2.68 bits per heavy atom. The third-order valence-electron chi connectivity index (χ3n) is 4.29. The first-order valence-corrected chi connectivity index (χ1v) is 10.1. The van der Waals surface area contributed by atoms with Gasteiger partial charge in [0.05, 0.1) is 16.2 Å². The third-order valence-corrected chi connectivity index (χ3v) is 6.27. The highest BCUT2D eigenvalue weighted by molar-refractivity contribution is 7.91. The van der Waals surface area contributed by atoms with Crippen LogP contribution < -0.4 is 10.6 Å². The minimum absolute atomic E-state index is 0.0368. The molecule has 0 radical (unpaired) electrons. The van der Waals surface area contributed by atoms with Gasteiger partial charge in [0.1, 0.15) is 0 Å². The maximum absolute atomic E-state index is 12.5. The van der Waals surface area contributed by atoms with Crippen LogP contribution in [0, 0.1) is 0 Å². The van der Waals surface area contributed by atoms with Crippen LogP contribution in [0.5, 0.6) is 0 Å². The maximum Gasteiger partial charge on any atom is 0.252 e. The number of rotatable bonds is 6. The molecule has 6 heteroatoms. The highest BCUT2D eigenvalue weighted by Gasteiger charge is 2.21. The average molecular weight is 358 g/mol. The molecule has 3 rings (SSSR count). The molecular weight excluding hydrogens is 336 g/mol. The summed E-state index contributed by atoms with van der Waals surface area (Å²) in [6.07, 6.45) is 0.515. The summed E-state index contributed by atoms with van der Waals surface area (Å²) >= 11 is 0. The van der Waals surface area contributed by atoms with Gasteiger partial charge < -0.3 is 10.6 Å². The quantitative estimate of drug-likeness (QED) is 0.831. The minimum Gasteiger partial charge on any atom is -0.348 e. The zero-order valence-electron chi connectivity index (χ0n) is 14.2. The predicted octanol–water partition coefficient (Wildman–Crippen LogP) is 2.40. The van der Waals surface area contributed by atoms with Gasteiger partial charge in [0.15, 0.2) is 9.84 Å². The Kier molecular flexibility index (Phi) is 5.20. The van der Waals surface area contributed by atoms with Crippen molar-refractivity contribution in [1.29, 1.82) is 0 Å². The van der Waals surface area contributed by atoms with E-state index in [1.807, 2.05) is 13.0 Å². The summed E-state index contributed by atoms with van der Waals surface area (Å²) in [5.74, 6) is -0.330. The lowest BCUT2D eigenvalue weighted by Crippen LogP contribution is -2.25. The van der Waals surface area contributed by atoms with E-state index in [9.17, 15) is 13.2 Å². The fraction of sp³-hybridized carbons (Fsp3) is 0.316. The Labute approximate surface area is 148 Å². The fourth-order valence-electron chi connectivity index (χ4n) is 3.04. The number of carbonyl (C=O) groups is 1. The van der Waals surface area contributed by atoms with Gasteiger partial charge in [-0.15, -0.1) is 0 Å². The fourth-order valence-corrected chi connectivity index (χ4v) is 4.58. The number of amides is 1. The highest BCUT2D eigenvalue weighted by Crippen LogP contribution is 2.19. The Morgan fingerprint density at radius 1 is 1.12 bits per heavy atom. The number of carbonyl (C=O) groups excluding carboxylic acids is 1. The normalized spacial score (nSPS) is 13.5. The van der Waals surface area contributed by atoms with Crippen LogP contribution in [-0.2, 0) is 29.5 Å². The standard InChI is InChI=1S/C19H22N2O3S/c1-2-9-25(23,24)18-6-4-3-5-17(18)19(22)21-11-14-7-8-15-12-20-13-16(15)10-14/h3-8,10,20H,2,9,11-13H2,1H3,(H,21,22). The molecule has 0 unspecified atom stereocenters. The van der Waals surface area contributed by atoms with Crippen LogP contribution >= 0.6 is 0 Å². The van der Waals surface area contributed by atoms with Crippen LogP contribution in [0.1, 0.15) is 40.4 Å². The number of sulfone groups is 1. The van der Waals surface area contributed by atoms with Crippen molar-refractivity contribution in [1.82, 2.24) is 10.6 Å². The third kappa shape index (κ3) is 3.91. The molecule has 5 nitrogen and oxygen atoms in total. The van der Waals surface area contributed by atoms with E-state index in [0.717, 1.165) is 18.7 Å². The molecule has 0 saturated heterocycles. The molecule has 0 aliphatic carbocycles. The largest absolute Gasteiger partial charge is 0.348 e. The Hall–Kier alpha value is -2.18. The van der Waals surface area contributed by atoms with Gasteiger partial charge in [0.2, 0.25) is 0 Å². The van der Waals surface area contributed by atoms with E-state index >= 15 is 0 Å². The van der Waals surface area contributed by atoms with E-state index in [2.05, 4.69) is 22.8 Å². The van der Waals surface area contributed by atoms with E-state index in [1.54, 1.807) is 18.2 Å². The highest BCUT2D eigenvalue weighted by atomic mass is 32.2. The van der Waals surface area contributed by atoms with Gasteiger partial charge in [-0.25, -0.2) is 8.42 Å².